The Morgan fingerprint density at radius 3 is 2.50 bits per heavy atom. The summed E-state index contributed by atoms with van der Waals surface area (Å²) in [6.07, 6.45) is 6.15. The van der Waals surface area contributed by atoms with Crippen molar-refractivity contribution in [3.8, 4) is 6.07 Å². The molecule has 1 heterocycles. The molecule has 0 aliphatic heterocycles. The number of aliphatic hydroxyl groups excluding tert-OH is 1. The number of fused-ring (bicyclic) bond motifs is 1. The van der Waals surface area contributed by atoms with Crippen molar-refractivity contribution in [1.29, 1.82) is 5.26 Å². The van der Waals surface area contributed by atoms with Crippen LogP contribution in [-0.4, -0.2) is 27.5 Å². The van der Waals surface area contributed by atoms with Crippen LogP contribution in [0.2, 0.25) is 0 Å². The number of hydrogen-bond donors (Lipinski definition) is 2. The first-order valence-corrected chi connectivity index (χ1v) is 13.8. The lowest BCUT2D eigenvalue weighted by atomic mass is 9.83. The predicted octanol–water partition coefficient (Wildman–Crippen LogP) is 6.97. The summed E-state index contributed by atoms with van der Waals surface area (Å²) in [5.41, 5.74) is 3.89. The molecule has 0 bridgehead atoms. The molecule has 0 aliphatic carbocycles. The third-order valence-electron chi connectivity index (χ3n) is 7.39. The molecule has 0 spiro atoms. The summed E-state index contributed by atoms with van der Waals surface area (Å²) in [4.78, 5) is 25.8. The zero-order chi connectivity index (χ0) is 27.8. The van der Waals surface area contributed by atoms with Crippen LogP contribution in [-0.2, 0) is 11.8 Å². The second-order valence-corrected chi connectivity index (χ2v) is 10.8. The summed E-state index contributed by atoms with van der Waals surface area (Å²) in [5.74, 6) is 0.122. The minimum absolute atomic E-state index is 0.0279. The maximum Gasteiger partial charge on any atom is 0.255 e. The second kappa shape index (κ2) is 13.4. The first kappa shape index (κ1) is 29.1. The third kappa shape index (κ3) is 7.11. The third-order valence-corrected chi connectivity index (χ3v) is 7.39. The van der Waals surface area contributed by atoms with E-state index in [1.54, 1.807) is 24.3 Å². The van der Waals surface area contributed by atoms with E-state index in [1.165, 1.54) is 5.56 Å². The van der Waals surface area contributed by atoms with Crippen LogP contribution in [0.1, 0.15) is 93.6 Å². The average molecular weight is 516 g/mol. The lowest BCUT2D eigenvalue weighted by Crippen LogP contribution is -2.29. The lowest BCUT2D eigenvalue weighted by Gasteiger charge is -2.22. The molecule has 1 aromatic heterocycles. The largest absolute Gasteiger partial charge is 0.385 e. The highest BCUT2D eigenvalue weighted by Crippen LogP contribution is 2.36. The normalized spacial score (nSPS) is 13.7. The molecule has 0 aliphatic rings. The fourth-order valence-electron chi connectivity index (χ4n) is 5.35. The van der Waals surface area contributed by atoms with Gasteiger partial charge >= 0.3 is 0 Å². The van der Waals surface area contributed by atoms with Gasteiger partial charge in [0.15, 0.2) is 5.78 Å². The number of aryl methyl sites for hydroxylation is 1. The Hall–Kier alpha value is -3.43. The molecule has 0 radical (unpaired) electrons. The summed E-state index contributed by atoms with van der Waals surface area (Å²) in [6.45, 7) is 8.25. The number of carbonyl (C=O) groups is 2. The van der Waals surface area contributed by atoms with E-state index < -0.39 is 6.10 Å². The highest BCUT2D eigenvalue weighted by molar-refractivity contribution is 6.05. The monoisotopic (exact) mass is 515 g/mol. The van der Waals surface area contributed by atoms with Crippen LogP contribution < -0.4 is 5.32 Å². The maximum absolute atomic E-state index is 12.9. The minimum atomic E-state index is -0.887. The molecule has 3 atom stereocenters. The molecule has 3 aromatic rings. The van der Waals surface area contributed by atoms with Gasteiger partial charge in [-0.25, -0.2) is 0 Å². The predicted molar refractivity (Wildman–Crippen MR) is 153 cm³/mol. The van der Waals surface area contributed by atoms with Crippen molar-refractivity contribution >= 4 is 28.3 Å². The number of rotatable bonds is 13. The summed E-state index contributed by atoms with van der Waals surface area (Å²) >= 11 is 0. The van der Waals surface area contributed by atoms with Crippen LogP contribution in [0.25, 0.3) is 10.9 Å². The topological polar surface area (TPSA) is 95.1 Å². The van der Waals surface area contributed by atoms with Gasteiger partial charge in [-0.05, 0) is 85.9 Å². The number of aromatic nitrogens is 1. The van der Waals surface area contributed by atoms with Crippen LogP contribution in [0.5, 0.6) is 0 Å². The highest BCUT2D eigenvalue weighted by atomic mass is 16.3. The summed E-state index contributed by atoms with van der Waals surface area (Å²) < 4.78 is 2.12. The van der Waals surface area contributed by atoms with Crippen molar-refractivity contribution < 1.29 is 14.7 Å². The number of anilines is 1. The molecule has 3 rings (SSSR count). The van der Waals surface area contributed by atoms with Gasteiger partial charge < -0.3 is 15.0 Å². The van der Waals surface area contributed by atoms with Gasteiger partial charge in [0.05, 0.1) is 11.6 Å². The van der Waals surface area contributed by atoms with E-state index >= 15 is 0 Å². The zero-order valence-electron chi connectivity index (χ0n) is 23.3. The van der Waals surface area contributed by atoms with Crippen molar-refractivity contribution in [3.05, 3.63) is 65.4 Å². The van der Waals surface area contributed by atoms with Crippen molar-refractivity contribution in [2.75, 3.05) is 5.32 Å². The Morgan fingerprint density at radius 1 is 1.08 bits per heavy atom. The standard InChI is InChI=1S/C32H41N3O3/c1-6-9-24(13-12-23(7-2)31(37)30(36)16-21(3)4)28-20-35(5)29-15-14-26(18-27(28)29)34-32(38)25-11-8-10-22(17-25)19-33/h8,10-11,14-15,17-18,20-21,23-24,30,36H,6-7,9,12-13,16H2,1-5H3,(H,34,38). The van der Waals surface area contributed by atoms with Gasteiger partial charge in [-0.2, -0.15) is 5.26 Å². The molecule has 2 N–H and O–H groups in total. The lowest BCUT2D eigenvalue weighted by molar-refractivity contribution is -0.132. The Morgan fingerprint density at radius 2 is 1.84 bits per heavy atom. The molecule has 0 saturated carbocycles. The average Bonchev–Trinajstić information content (AvgIpc) is 3.23. The first-order chi connectivity index (χ1) is 18.2. The van der Waals surface area contributed by atoms with E-state index in [1.807, 2.05) is 46.0 Å². The van der Waals surface area contributed by atoms with Gasteiger partial charge in [0.2, 0.25) is 0 Å². The molecule has 202 valence electrons. The van der Waals surface area contributed by atoms with Crippen LogP contribution >= 0.6 is 0 Å². The van der Waals surface area contributed by atoms with Gasteiger partial charge in [0.1, 0.15) is 6.10 Å². The van der Waals surface area contributed by atoms with Gasteiger partial charge in [0, 0.05) is 41.3 Å². The number of nitrogens with zero attached hydrogens (tertiary/aromatic N) is 2. The van der Waals surface area contributed by atoms with Crippen molar-refractivity contribution in [2.24, 2.45) is 18.9 Å². The molecular weight excluding hydrogens is 474 g/mol. The first-order valence-electron chi connectivity index (χ1n) is 13.8. The van der Waals surface area contributed by atoms with Crippen LogP contribution in [0.15, 0.2) is 48.7 Å². The van der Waals surface area contributed by atoms with Gasteiger partial charge in [-0.15, -0.1) is 0 Å². The molecule has 0 fully saturated rings. The molecule has 0 saturated heterocycles. The zero-order valence-corrected chi connectivity index (χ0v) is 23.3. The van der Waals surface area contributed by atoms with Crippen molar-refractivity contribution in [3.63, 3.8) is 0 Å². The van der Waals surface area contributed by atoms with E-state index in [-0.39, 0.29) is 29.4 Å². The number of benzene rings is 2. The quantitative estimate of drug-likeness (QED) is 0.257. The van der Waals surface area contributed by atoms with E-state index in [9.17, 15) is 14.7 Å². The van der Waals surface area contributed by atoms with Gasteiger partial charge in [-0.3, -0.25) is 9.59 Å². The smallest absolute Gasteiger partial charge is 0.255 e. The number of aliphatic hydroxyl groups is 1. The maximum atomic E-state index is 12.9. The Bertz CT molecular complexity index is 1300. The summed E-state index contributed by atoms with van der Waals surface area (Å²) in [5, 5.41) is 23.7. The fraction of sp³-hybridized carbons (Fsp3) is 0.469. The summed E-state index contributed by atoms with van der Waals surface area (Å²) in [6, 6.07) is 14.7. The molecule has 3 unspecified atom stereocenters. The Labute approximate surface area is 226 Å². The van der Waals surface area contributed by atoms with Crippen molar-refractivity contribution in [1.82, 2.24) is 4.57 Å². The minimum Gasteiger partial charge on any atom is -0.385 e. The summed E-state index contributed by atoms with van der Waals surface area (Å²) in [7, 11) is 2.03. The molecule has 38 heavy (non-hydrogen) atoms. The van der Waals surface area contributed by atoms with Gasteiger partial charge in [0.25, 0.3) is 5.91 Å². The number of carbonyl (C=O) groups excluding carboxylic acids is 2. The number of nitrogens with one attached hydrogen (secondary N) is 1. The fourth-order valence-corrected chi connectivity index (χ4v) is 5.35. The van der Waals surface area contributed by atoms with E-state index in [4.69, 9.17) is 5.26 Å². The highest BCUT2D eigenvalue weighted by Gasteiger charge is 2.26. The van der Waals surface area contributed by atoms with Crippen molar-refractivity contribution in [2.45, 2.75) is 78.2 Å². The number of ketones is 1. The second-order valence-electron chi connectivity index (χ2n) is 10.8. The molecule has 2 aromatic carbocycles. The van der Waals surface area contributed by atoms with Crippen LogP contribution in [0, 0.1) is 23.2 Å². The van der Waals surface area contributed by atoms with Gasteiger partial charge in [-0.1, -0.05) is 40.2 Å². The van der Waals surface area contributed by atoms with Crippen LogP contribution in [0.4, 0.5) is 5.69 Å². The SMILES string of the molecule is CCCC(CCC(CC)C(=O)C(O)CC(C)C)c1cn(C)c2ccc(NC(=O)c3cccc(C#N)c3)cc12. The van der Waals surface area contributed by atoms with Crippen LogP contribution in [0.3, 0.4) is 0 Å². The number of amides is 1. The van der Waals surface area contributed by atoms with E-state index in [0.29, 0.717) is 23.2 Å². The molecular formula is C32H41N3O3. The number of hydrogen-bond acceptors (Lipinski definition) is 4. The number of Topliss-reactive ketones (excluding diaryl/α,β-unsaturated/α-hetero) is 1. The molecule has 1 amide bonds. The Kier molecular flexibility index (Phi) is 10.3. The van der Waals surface area contributed by atoms with E-state index in [2.05, 4.69) is 29.1 Å². The number of nitriles is 1. The Balaban J connectivity index is 1.84. The van der Waals surface area contributed by atoms with E-state index in [0.717, 1.165) is 43.0 Å². The molecule has 6 nitrogen and oxygen atoms in total. The molecule has 6 heteroatoms.